The van der Waals surface area contributed by atoms with Crippen molar-refractivity contribution in [3.05, 3.63) is 24.3 Å². The summed E-state index contributed by atoms with van der Waals surface area (Å²) in [6.45, 7) is 0. The van der Waals surface area contributed by atoms with Gasteiger partial charge in [-0.25, -0.2) is 0 Å². The van der Waals surface area contributed by atoms with Crippen LogP contribution in [0.4, 0.5) is 11.6 Å². The quantitative estimate of drug-likeness (QED) is 0.878. The molecule has 0 radical (unpaired) electrons. The summed E-state index contributed by atoms with van der Waals surface area (Å²) < 4.78 is 10.2. The first-order chi connectivity index (χ1) is 8.11. The third-order valence-corrected chi connectivity index (χ3v) is 2.50. The molecule has 1 heterocycles. The Kier molecular flexibility index (Phi) is 2.91. The number of benzene rings is 1. The molecule has 0 bridgehead atoms. The minimum Gasteiger partial charge on any atom is -0.496 e. The van der Waals surface area contributed by atoms with Crippen LogP contribution in [0.2, 0.25) is 0 Å². The van der Waals surface area contributed by atoms with Gasteiger partial charge in [-0.3, -0.25) is 0 Å². The first-order valence-corrected chi connectivity index (χ1v) is 5.19. The lowest BCUT2D eigenvalue weighted by molar-refractivity contribution is 0.414. The van der Waals surface area contributed by atoms with Gasteiger partial charge in [0.05, 0.1) is 7.11 Å². The van der Waals surface area contributed by atoms with Gasteiger partial charge >= 0.3 is 0 Å². The maximum Gasteiger partial charge on any atom is 0.222 e. The molecular weight excluding hydrogens is 218 g/mol. The molecule has 5 heteroatoms. The number of ether oxygens (including phenoxy) is 1. The van der Waals surface area contributed by atoms with Crippen LogP contribution in [0.1, 0.15) is 0 Å². The van der Waals surface area contributed by atoms with Crippen molar-refractivity contribution in [1.29, 1.82) is 0 Å². The van der Waals surface area contributed by atoms with Crippen molar-refractivity contribution in [2.45, 2.75) is 0 Å². The van der Waals surface area contributed by atoms with E-state index in [-0.39, 0.29) is 5.88 Å². The highest BCUT2D eigenvalue weighted by Gasteiger charge is 2.12. The second-order valence-electron chi connectivity index (χ2n) is 3.89. The molecule has 0 spiro atoms. The fourth-order valence-corrected chi connectivity index (χ4v) is 1.59. The van der Waals surface area contributed by atoms with Gasteiger partial charge in [-0.15, -0.1) is 0 Å². The van der Waals surface area contributed by atoms with Crippen LogP contribution in [-0.4, -0.2) is 26.4 Å². The van der Waals surface area contributed by atoms with Crippen molar-refractivity contribution in [2.75, 3.05) is 31.8 Å². The van der Waals surface area contributed by atoms with Crippen LogP contribution >= 0.6 is 0 Å². The number of nitrogens with two attached hydrogens (primary N) is 1. The molecule has 0 fully saturated rings. The summed E-state index contributed by atoms with van der Waals surface area (Å²) in [6, 6.07) is 7.54. The lowest BCUT2D eigenvalue weighted by Crippen LogP contribution is -2.08. The van der Waals surface area contributed by atoms with E-state index >= 15 is 0 Å². The Morgan fingerprint density at radius 2 is 2.06 bits per heavy atom. The Balaban J connectivity index is 2.53. The molecule has 1 aromatic heterocycles. The SMILES string of the molecule is COc1ccc(N(C)C)cc1-c1cc(N)on1. The summed E-state index contributed by atoms with van der Waals surface area (Å²) in [6.07, 6.45) is 0. The third kappa shape index (κ3) is 2.18. The van der Waals surface area contributed by atoms with Gasteiger partial charge in [-0.05, 0) is 18.2 Å². The van der Waals surface area contributed by atoms with E-state index in [0.29, 0.717) is 5.69 Å². The molecule has 0 saturated carbocycles. The maximum absolute atomic E-state index is 5.52. The van der Waals surface area contributed by atoms with Crippen LogP contribution < -0.4 is 15.4 Å². The highest BCUT2D eigenvalue weighted by molar-refractivity contribution is 5.73. The topological polar surface area (TPSA) is 64.5 Å². The molecular formula is C12H15N3O2. The second-order valence-corrected chi connectivity index (χ2v) is 3.89. The number of nitrogens with zero attached hydrogens (tertiary/aromatic N) is 2. The van der Waals surface area contributed by atoms with E-state index in [0.717, 1.165) is 17.0 Å². The van der Waals surface area contributed by atoms with Crippen LogP contribution in [0, 0.1) is 0 Å². The molecule has 2 aromatic rings. The van der Waals surface area contributed by atoms with Gasteiger partial charge in [-0.1, -0.05) is 5.16 Å². The predicted octanol–water partition coefficient (Wildman–Crippen LogP) is 2.00. The molecule has 0 atom stereocenters. The molecule has 0 aliphatic carbocycles. The number of hydrogen-bond donors (Lipinski definition) is 1. The number of nitrogen functional groups attached to an aromatic ring is 1. The Morgan fingerprint density at radius 1 is 1.29 bits per heavy atom. The Bertz CT molecular complexity index is 520. The lowest BCUT2D eigenvalue weighted by Gasteiger charge is -2.15. The Hall–Kier alpha value is -2.17. The lowest BCUT2D eigenvalue weighted by atomic mass is 10.1. The van der Waals surface area contributed by atoms with Gasteiger partial charge in [0.1, 0.15) is 11.4 Å². The fourth-order valence-electron chi connectivity index (χ4n) is 1.59. The van der Waals surface area contributed by atoms with Crippen LogP contribution in [0.15, 0.2) is 28.8 Å². The number of rotatable bonds is 3. The van der Waals surface area contributed by atoms with Crippen molar-refractivity contribution in [3.8, 4) is 17.0 Å². The third-order valence-electron chi connectivity index (χ3n) is 2.50. The zero-order valence-corrected chi connectivity index (χ0v) is 10.1. The molecule has 0 aliphatic rings. The maximum atomic E-state index is 5.52. The molecule has 2 rings (SSSR count). The number of anilines is 2. The zero-order chi connectivity index (χ0) is 12.4. The monoisotopic (exact) mass is 233 g/mol. The Labute approximate surface area is 99.8 Å². The van der Waals surface area contributed by atoms with Gasteiger partial charge in [-0.2, -0.15) is 0 Å². The van der Waals surface area contributed by atoms with Crippen LogP contribution in [0.25, 0.3) is 11.3 Å². The summed E-state index contributed by atoms with van der Waals surface area (Å²) in [7, 11) is 5.57. The molecule has 17 heavy (non-hydrogen) atoms. The van der Waals surface area contributed by atoms with Crippen molar-refractivity contribution in [1.82, 2.24) is 5.16 Å². The van der Waals surface area contributed by atoms with Crippen molar-refractivity contribution in [2.24, 2.45) is 0 Å². The van der Waals surface area contributed by atoms with Gasteiger partial charge in [0.2, 0.25) is 5.88 Å². The van der Waals surface area contributed by atoms with Gasteiger partial charge in [0.15, 0.2) is 0 Å². The summed E-state index contributed by atoms with van der Waals surface area (Å²) in [5.41, 5.74) is 8.11. The first kappa shape index (κ1) is 11.3. The molecule has 0 saturated heterocycles. The zero-order valence-electron chi connectivity index (χ0n) is 10.1. The van der Waals surface area contributed by atoms with Gasteiger partial charge in [0.25, 0.3) is 0 Å². The van der Waals surface area contributed by atoms with Crippen LogP contribution in [-0.2, 0) is 0 Å². The molecule has 5 nitrogen and oxygen atoms in total. The van der Waals surface area contributed by atoms with E-state index in [1.165, 1.54) is 0 Å². The minimum atomic E-state index is 0.289. The first-order valence-electron chi connectivity index (χ1n) is 5.19. The molecule has 0 unspecified atom stereocenters. The van der Waals surface area contributed by atoms with Crippen LogP contribution in [0.5, 0.6) is 5.75 Å². The van der Waals surface area contributed by atoms with Crippen molar-refractivity contribution in [3.63, 3.8) is 0 Å². The molecule has 90 valence electrons. The number of methoxy groups -OCH3 is 1. The van der Waals surface area contributed by atoms with E-state index in [9.17, 15) is 0 Å². The summed E-state index contributed by atoms with van der Waals surface area (Å²) in [5, 5.41) is 3.90. The van der Waals surface area contributed by atoms with E-state index in [4.69, 9.17) is 15.0 Å². The second kappa shape index (κ2) is 4.37. The minimum absolute atomic E-state index is 0.289. The standard InChI is InChI=1S/C12H15N3O2/c1-15(2)8-4-5-11(16-3)9(6-8)10-7-12(13)17-14-10/h4-7H,13H2,1-3H3. The van der Waals surface area contributed by atoms with E-state index in [1.54, 1.807) is 13.2 Å². The average molecular weight is 233 g/mol. The fraction of sp³-hybridized carbons (Fsp3) is 0.250. The molecule has 1 aromatic carbocycles. The summed E-state index contributed by atoms with van der Waals surface area (Å²) in [4.78, 5) is 2.01. The molecule has 0 amide bonds. The number of aromatic nitrogens is 1. The molecule has 2 N–H and O–H groups in total. The van der Waals surface area contributed by atoms with Crippen LogP contribution in [0.3, 0.4) is 0 Å². The normalized spacial score (nSPS) is 10.3. The highest BCUT2D eigenvalue weighted by Crippen LogP contribution is 2.33. The highest BCUT2D eigenvalue weighted by atomic mass is 16.5. The van der Waals surface area contributed by atoms with Crippen molar-refractivity contribution >= 4 is 11.6 Å². The molecule has 0 aliphatic heterocycles. The van der Waals surface area contributed by atoms with Gasteiger partial charge in [0, 0.05) is 31.4 Å². The predicted molar refractivity (Wildman–Crippen MR) is 67.2 cm³/mol. The Morgan fingerprint density at radius 3 is 2.59 bits per heavy atom. The van der Waals surface area contributed by atoms with E-state index in [2.05, 4.69) is 5.16 Å². The van der Waals surface area contributed by atoms with Crippen molar-refractivity contribution < 1.29 is 9.26 Å². The smallest absolute Gasteiger partial charge is 0.222 e. The average Bonchev–Trinajstić information content (AvgIpc) is 2.74. The summed E-state index contributed by atoms with van der Waals surface area (Å²) in [5.74, 6) is 1.03. The van der Waals surface area contributed by atoms with Gasteiger partial charge < -0.3 is 19.9 Å². The van der Waals surface area contributed by atoms with E-state index in [1.807, 2.05) is 37.2 Å². The van der Waals surface area contributed by atoms with E-state index < -0.39 is 0 Å². The largest absolute Gasteiger partial charge is 0.496 e. The summed E-state index contributed by atoms with van der Waals surface area (Å²) >= 11 is 0. The number of hydrogen-bond acceptors (Lipinski definition) is 5.